The molecule has 2 aromatic heterocycles. The van der Waals surface area contributed by atoms with Crippen molar-refractivity contribution in [2.75, 3.05) is 31.5 Å². The number of piperidine rings is 2. The van der Waals surface area contributed by atoms with Crippen LogP contribution in [-0.2, 0) is 6.54 Å². The summed E-state index contributed by atoms with van der Waals surface area (Å²) in [5.74, 6) is 0.614. The first kappa shape index (κ1) is 35.0. The van der Waals surface area contributed by atoms with Gasteiger partial charge in [-0.25, -0.2) is 27.5 Å². The van der Waals surface area contributed by atoms with E-state index in [1.54, 1.807) is 26.1 Å². The molecule has 0 saturated carbocycles. The van der Waals surface area contributed by atoms with Crippen molar-refractivity contribution in [3.8, 4) is 11.3 Å². The van der Waals surface area contributed by atoms with Crippen LogP contribution in [-0.4, -0.2) is 46.0 Å². The number of anilines is 1. The summed E-state index contributed by atoms with van der Waals surface area (Å²) in [6.45, 7) is 10.1. The minimum absolute atomic E-state index is 0.0499. The fraction of sp³-hybridized carbons (Fsp3) is 0.390. The first-order chi connectivity index (χ1) is 24.6. The zero-order valence-electron chi connectivity index (χ0n) is 29.3. The Morgan fingerprint density at radius 3 is 2.45 bits per heavy atom. The second-order valence-corrected chi connectivity index (χ2v) is 14.2. The van der Waals surface area contributed by atoms with Crippen molar-refractivity contribution in [1.29, 1.82) is 0 Å². The lowest BCUT2D eigenvalue weighted by atomic mass is 9.83. The number of benzene rings is 3. The Hall–Kier alpha value is -4.41. The molecule has 0 radical (unpaired) electrons. The van der Waals surface area contributed by atoms with Crippen molar-refractivity contribution >= 4 is 16.7 Å². The monoisotopic (exact) mass is 696 g/mol. The lowest BCUT2D eigenvalue weighted by Gasteiger charge is -2.33. The summed E-state index contributed by atoms with van der Waals surface area (Å²) in [6, 6.07) is 17.6. The predicted octanol–water partition coefficient (Wildman–Crippen LogP) is 9.54. The number of aryl methyl sites for hydroxylation is 2. The van der Waals surface area contributed by atoms with E-state index >= 15 is 4.39 Å². The fourth-order valence-corrected chi connectivity index (χ4v) is 7.91. The molecule has 2 atom stereocenters. The SMILES string of the molecule is Cc1nc(N[C@H](C)c2cccc(C(F)F)c2F)c2cc(-c3cccc(CN4CCC(c5c(C)cc(C6CCCNC6)cc5F)CC4)c3)ncc2n1. The van der Waals surface area contributed by atoms with E-state index in [0.29, 0.717) is 28.5 Å². The highest BCUT2D eigenvalue weighted by Gasteiger charge is 2.27. The van der Waals surface area contributed by atoms with Crippen molar-refractivity contribution in [1.82, 2.24) is 25.2 Å². The van der Waals surface area contributed by atoms with E-state index in [-0.39, 0.29) is 17.3 Å². The zero-order valence-corrected chi connectivity index (χ0v) is 29.3. The molecule has 2 fully saturated rings. The minimum atomic E-state index is -2.91. The average molecular weight is 697 g/mol. The van der Waals surface area contributed by atoms with Gasteiger partial charge in [0.1, 0.15) is 23.3 Å². The van der Waals surface area contributed by atoms with Crippen molar-refractivity contribution in [2.45, 2.75) is 77.3 Å². The summed E-state index contributed by atoms with van der Waals surface area (Å²) < 4.78 is 57.3. The highest BCUT2D eigenvalue weighted by Crippen LogP contribution is 2.36. The van der Waals surface area contributed by atoms with Crippen LogP contribution >= 0.6 is 0 Å². The maximum atomic E-state index is 15.5. The van der Waals surface area contributed by atoms with Crippen LogP contribution in [0.25, 0.3) is 22.2 Å². The second-order valence-electron chi connectivity index (χ2n) is 14.2. The van der Waals surface area contributed by atoms with Gasteiger partial charge in [-0.05, 0) is 118 Å². The molecule has 2 N–H and O–H groups in total. The van der Waals surface area contributed by atoms with Crippen LogP contribution in [0.4, 0.5) is 23.4 Å². The third kappa shape index (κ3) is 7.62. The van der Waals surface area contributed by atoms with E-state index in [0.717, 1.165) is 98.0 Å². The third-order valence-corrected chi connectivity index (χ3v) is 10.6. The maximum Gasteiger partial charge on any atom is 0.266 e. The molecule has 0 aliphatic carbocycles. The molecule has 0 spiro atoms. The molecule has 0 amide bonds. The number of rotatable bonds is 9. The molecular weight excluding hydrogens is 652 g/mol. The van der Waals surface area contributed by atoms with Gasteiger partial charge in [-0.2, -0.15) is 0 Å². The van der Waals surface area contributed by atoms with Gasteiger partial charge in [-0.1, -0.05) is 42.5 Å². The van der Waals surface area contributed by atoms with Gasteiger partial charge in [-0.15, -0.1) is 0 Å². The van der Waals surface area contributed by atoms with Crippen LogP contribution in [0.5, 0.6) is 0 Å². The Bertz CT molecular complexity index is 2000. The third-order valence-electron chi connectivity index (χ3n) is 10.6. The number of nitrogens with one attached hydrogen (secondary N) is 2. The van der Waals surface area contributed by atoms with Crippen LogP contribution in [0.2, 0.25) is 0 Å². The van der Waals surface area contributed by atoms with E-state index in [1.165, 1.54) is 12.1 Å². The molecule has 7 rings (SSSR count). The number of fused-ring (bicyclic) bond motifs is 1. The van der Waals surface area contributed by atoms with Crippen molar-refractivity contribution in [2.24, 2.45) is 0 Å². The average Bonchev–Trinajstić information content (AvgIpc) is 3.12. The summed E-state index contributed by atoms with van der Waals surface area (Å²) in [5.41, 5.74) is 6.04. The standard InChI is InChI=1S/C41H44F4N6/c1-24-17-31(30-9-6-14-46-21-30)19-35(42)38(24)28-12-15-51(16-13-28)23-27-7-4-8-29(18-27)36-20-34-37(22-47-36)49-26(3)50-41(34)48-25(2)32-10-5-11-33(39(32)43)40(44)45/h4-5,7-8,10-11,17-20,22,25,28,30,40,46H,6,9,12-16,21,23H2,1-3H3,(H,48,49,50)/t25-,30?/m1/s1. The van der Waals surface area contributed by atoms with Crippen molar-refractivity contribution in [3.05, 3.63) is 118 Å². The number of halogens is 4. The lowest BCUT2D eigenvalue weighted by molar-refractivity contribution is 0.146. The summed E-state index contributed by atoms with van der Waals surface area (Å²) in [4.78, 5) is 16.3. The van der Waals surface area contributed by atoms with Gasteiger partial charge in [0.2, 0.25) is 0 Å². The molecule has 2 saturated heterocycles. The Kier molecular flexibility index (Phi) is 10.3. The Balaban J connectivity index is 1.05. The van der Waals surface area contributed by atoms with Crippen LogP contribution < -0.4 is 10.6 Å². The number of hydrogen-bond donors (Lipinski definition) is 2. The highest BCUT2D eigenvalue weighted by atomic mass is 19.3. The summed E-state index contributed by atoms with van der Waals surface area (Å²) in [6.07, 6.45) is 2.86. The lowest BCUT2D eigenvalue weighted by Crippen LogP contribution is -2.33. The molecule has 51 heavy (non-hydrogen) atoms. The van der Waals surface area contributed by atoms with E-state index in [4.69, 9.17) is 4.98 Å². The molecule has 10 heteroatoms. The Labute approximate surface area is 296 Å². The molecule has 5 aromatic rings. The number of alkyl halides is 2. The quantitative estimate of drug-likeness (QED) is 0.150. The number of hydrogen-bond acceptors (Lipinski definition) is 6. The first-order valence-electron chi connectivity index (χ1n) is 17.9. The van der Waals surface area contributed by atoms with Crippen LogP contribution in [0.1, 0.15) is 96.1 Å². The summed E-state index contributed by atoms with van der Waals surface area (Å²) >= 11 is 0. The number of nitrogens with zero attached hydrogens (tertiary/aromatic N) is 4. The van der Waals surface area contributed by atoms with Gasteiger partial charge in [0.15, 0.2) is 0 Å². The highest BCUT2D eigenvalue weighted by molar-refractivity contribution is 5.91. The van der Waals surface area contributed by atoms with Crippen LogP contribution in [0.15, 0.2) is 66.9 Å². The van der Waals surface area contributed by atoms with E-state index < -0.39 is 23.8 Å². The van der Waals surface area contributed by atoms with Gasteiger partial charge in [0.25, 0.3) is 6.43 Å². The summed E-state index contributed by atoms with van der Waals surface area (Å²) in [5, 5.41) is 7.38. The molecular formula is C41H44F4N6. The molecule has 4 heterocycles. The molecule has 0 bridgehead atoms. The van der Waals surface area contributed by atoms with Crippen LogP contribution in [0.3, 0.4) is 0 Å². The summed E-state index contributed by atoms with van der Waals surface area (Å²) in [7, 11) is 0. The molecule has 6 nitrogen and oxygen atoms in total. The van der Waals surface area contributed by atoms with Gasteiger partial charge in [0.05, 0.1) is 29.0 Å². The molecule has 266 valence electrons. The normalized spacial score (nSPS) is 18.0. The van der Waals surface area contributed by atoms with Gasteiger partial charge >= 0.3 is 0 Å². The van der Waals surface area contributed by atoms with Crippen molar-refractivity contribution < 1.29 is 17.6 Å². The second kappa shape index (κ2) is 15.1. The van der Waals surface area contributed by atoms with E-state index in [1.807, 2.05) is 18.2 Å². The molecule has 2 aliphatic heterocycles. The Morgan fingerprint density at radius 2 is 1.71 bits per heavy atom. The van der Waals surface area contributed by atoms with Crippen molar-refractivity contribution in [3.63, 3.8) is 0 Å². The minimum Gasteiger partial charge on any atom is -0.363 e. The first-order valence-corrected chi connectivity index (χ1v) is 17.9. The van der Waals surface area contributed by atoms with Gasteiger partial charge in [-0.3, -0.25) is 9.88 Å². The molecule has 2 aliphatic rings. The smallest absolute Gasteiger partial charge is 0.266 e. The maximum absolute atomic E-state index is 15.5. The van der Waals surface area contributed by atoms with E-state index in [2.05, 4.69) is 50.6 Å². The zero-order chi connectivity index (χ0) is 35.6. The fourth-order valence-electron chi connectivity index (χ4n) is 7.91. The number of aromatic nitrogens is 3. The number of likely N-dealkylation sites (tertiary alicyclic amines) is 1. The topological polar surface area (TPSA) is 66.0 Å². The van der Waals surface area contributed by atoms with Gasteiger partial charge in [0, 0.05) is 29.6 Å². The van der Waals surface area contributed by atoms with Gasteiger partial charge < -0.3 is 10.6 Å². The molecule has 1 unspecified atom stereocenters. The van der Waals surface area contributed by atoms with Crippen LogP contribution in [0, 0.1) is 25.5 Å². The van der Waals surface area contributed by atoms with E-state index in [9.17, 15) is 13.2 Å². The number of pyridine rings is 1. The largest absolute Gasteiger partial charge is 0.363 e. The Morgan fingerprint density at radius 1 is 0.922 bits per heavy atom. The predicted molar refractivity (Wildman–Crippen MR) is 194 cm³/mol. The molecule has 3 aromatic carbocycles.